The van der Waals surface area contributed by atoms with E-state index in [2.05, 4.69) is 9.47 Å². The summed E-state index contributed by atoms with van der Waals surface area (Å²) in [5.74, 6) is -3.92. The van der Waals surface area contributed by atoms with E-state index < -0.39 is 41.6 Å². The third-order valence-corrected chi connectivity index (χ3v) is 7.34. The molecule has 2 aliphatic carbocycles. The molecule has 3 aliphatic rings. The van der Waals surface area contributed by atoms with Crippen LogP contribution in [0.2, 0.25) is 0 Å². The molecule has 0 spiro atoms. The molecule has 3 rings (SSSR count). The van der Waals surface area contributed by atoms with Gasteiger partial charge in [-0.25, -0.2) is 9.59 Å². The molecule has 1 heterocycles. The maximum absolute atomic E-state index is 13.3. The quantitative estimate of drug-likeness (QED) is 0.211. The molecule has 10 heteroatoms. The van der Waals surface area contributed by atoms with Crippen molar-refractivity contribution >= 4 is 29.8 Å². The summed E-state index contributed by atoms with van der Waals surface area (Å²) in [5, 5.41) is 0. The first-order valence-corrected chi connectivity index (χ1v) is 11.0. The van der Waals surface area contributed by atoms with Gasteiger partial charge in [-0.05, 0) is 24.2 Å². The number of ether oxygens (including phenoxy) is 5. The van der Waals surface area contributed by atoms with Crippen LogP contribution in [-0.2, 0) is 47.7 Å². The molecule has 1 aliphatic heterocycles. The highest BCUT2D eigenvalue weighted by molar-refractivity contribution is 5.99. The highest BCUT2D eigenvalue weighted by atomic mass is 16.6. The van der Waals surface area contributed by atoms with Crippen molar-refractivity contribution in [1.82, 2.24) is 0 Å². The number of fused-ring (bicyclic) bond motifs is 1. The Labute approximate surface area is 191 Å². The lowest BCUT2D eigenvalue weighted by Crippen LogP contribution is -2.52. The Morgan fingerprint density at radius 1 is 1.12 bits per heavy atom. The van der Waals surface area contributed by atoms with Crippen molar-refractivity contribution < 1.29 is 47.7 Å². The standard InChI is InChI=1S/C23H30O10/c1-11(2)23(15-10-14-18(23)21(27)33-19(14)12(15)3)22(28)32-7-6-31-20(26)13(8-16(24)29-4)9-17(25)30-5/h8,11-12,14-15,18-19H,6-7,9-10H2,1-5H3/b13-8+. The third kappa shape index (κ3) is 4.11. The van der Waals surface area contributed by atoms with Crippen LogP contribution < -0.4 is 0 Å². The van der Waals surface area contributed by atoms with E-state index in [1.54, 1.807) is 0 Å². The molecule has 182 valence electrons. The van der Waals surface area contributed by atoms with Crippen molar-refractivity contribution in [3.8, 4) is 0 Å². The van der Waals surface area contributed by atoms with E-state index in [4.69, 9.17) is 14.2 Å². The van der Waals surface area contributed by atoms with E-state index in [9.17, 15) is 24.0 Å². The van der Waals surface area contributed by atoms with E-state index in [1.807, 2.05) is 20.8 Å². The summed E-state index contributed by atoms with van der Waals surface area (Å²) in [6.45, 7) is 5.30. The highest BCUT2D eigenvalue weighted by Gasteiger charge is 2.75. The Hall–Kier alpha value is -2.91. The predicted molar refractivity (Wildman–Crippen MR) is 110 cm³/mol. The highest BCUT2D eigenvalue weighted by Crippen LogP contribution is 2.68. The molecule has 10 nitrogen and oxygen atoms in total. The molecule has 3 fully saturated rings. The molecule has 0 N–H and O–H groups in total. The molecule has 0 amide bonds. The smallest absolute Gasteiger partial charge is 0.334 e. The van der Waals surface area contributed by atoms with Crippen LogP contribution in [0.15, 0.2) is 11.6 Å². The number of rotatable bonds is 9. The summed E-state index contributed by atoms with van der Waals surface area (Å²) in [5.41, 5.74) is -1.22. The zero-order valence-corrected chi connectivity index (χ0v) is 19.5. The lowest BCUT2D eigenvalue weighted by atomic mass is 9.58. The fourth-order valence-electron chi connectivity index (χ4n) is 5.97. The monoisotopic (exact) mass is 466 g/mol. The predicted octanol–water partition coefficient (Wildman–Crippen LogP) is 1.21. The molecular weight excluding hydrogens is 436 g/mol. The van der Waals surface area contributed by atoms with Gasteiger partial charge in [-0.3, -0.25) is 14.4 Å². The second-order valence-electron chi connectivity index (χ2n) is 9.05. The van der Waals surface area contributed by atoms with Crippen LogP contribution in [0.25, 0.3) is 0 Å². The Balaban J connectivity index is 1.63. The van der Waals surface area contributed by atoms with Gasteiger partial charge >= 0.3 is 29.8 Å². The number of hydrogen-bond acceptors (Lipinski definition) is 10. The van der Waals surface area contributed by atoms with Crippen LogP contribution in [0.1, 0.15) is 33.6 Å². The van der Waals surface area contributed by atoms with Gasteiger partial charge in [0.1, 0.15) is 19.3 Å². The van der Waals surface area contributed by atoms with Crippen LogP contribution in [0.4, 0.5) is 0 Å². The van der Waals surface area contributed by atoms with Crippen molar-refractivity contribution in [1.29, 1.82) is 0 Å². The summed E-state index contributed by atoms with van der Waals surface area (Å²) in [6.07, 6.45) is 0.979. The first kappa shape index (κ1) is 24.7. The Morgan fingerprint density at radius 3 is 2.39 bits per heavy atom. The molecule has 33 heavy (non-hydrogen) atoms. The molecule has 2 saturated carbocycles. The third-order valence-electron chi connectivity index (χ3n) is 7.34. The van der Waals surface area contributed by atoms with E-state index >= 15 is 0 Å². The minimum Gasteiger partial charge on any atom is -0.469 e. The van der Waals surface area contributed by atoms with Crippen LogP contribution in [-0.4, -0.2) is 63.4 Å². The summed E-state index contributed by atoms with van der Waals surface area (Å²) in [7, 11) is 2.27. The average Bonchev–Trinajstić information content (AvgIpc) is 3.38. The number of methoxy groups -OCH3 is 2. The largest absolute Gasteiger partial charge is 0.469 e. The fraction of sp³-hybridized carbons (Fsp3) is 0.696. The van der Waals surface area contributed by atoms with Gasteiger partial charge in [-0.1, -0.05) is 20.8 Å². The van der Waals surface area contributed by atoms with Crippen LogP contribution in [0, 0.1) is 35.0 Å². The topological polar surface area (TPSA) is 132 Å². The molecular formula is C23H30O10. The van der Waals surface area contributed by atoms with Crippen LogP contribution in [0.5, 0.6) is 0 Å². The molecule has 0 radical (unpaired) electrons. The van der Waals surface area contributed by atoms with Crippen molar-refractivity contribution in [3.63, 3.8) is 0 Å². The summed E-state index contributed by atoms with van der Waals surface area (Å²) < 4.78 is 25.1. The van der Waals surface area contributed by atoms with Gasteiger partial charge in [0, 0.05) is 12.0 Å². The number of esters is 5. The number of carbonyl (C=O) groups excluding carboxylic acids is 5. The van der Waals surface area contributed by atoms with Crippen molar-refractivity contribution in [2.24, 2.45) is 35.0 Å². The molecule has 0 aromatic carbocycles. The van der Waals surface area contributed by atoms with Crippen molar-refractivity contribution in [3.05, 3.63) is 11.6 Å². The van der Waals surface area contributed by atoms with E-state index in [0.717, 1.165) is 26.7 Å². The molecule has 0 aromatic heterocycles. The minimum absolute atomic E-state index is 0.0198. The lowest BCUT2D eigenvalue weighted by Gasteiger charge is -2.43. The van der Waals surface area contributed by atoms with Gasteiger partial charge in [-0.15, -0.1) is 0 Å². The van der Waals surface area contributed by atoms with Crippen LogP contribution >= 0.6 is 0 Å². The maximum Gasteiger partial charge on any atom is 0.334 e. The summed E-state index contributed by atoms with van der Waals surface area (Å²) in [6, 6.07) is 0. The normalized spacial score (nSPS) is 31.9. The zero-order chi connectivity index (χ0) is 24.5. The summed E-state index contributed by atoms with van der Waals surface area (Å²) >= 11 is 0. The Kier molecular flexibility index (Phi) is 7.14. The van der Waals surface area contributed by atoms with Crippen molar-refractivity contribution in [2.45, 2.75) is 39.7 Å². The first-order chi connectivity index (χ1) is 15.6. The second-order valence-corrected chi connectivity index (χ2v) is 9.05. The first-order valence-electron chi connectivity index (χ1n) is 11.0. The molecule has 6 atom stereocenters. The fourth-order valence-corrected chi connectivity index (χ4v) is 5.97. The molecule has 2 bridgehead atoms. The van der Waals surface area contributed by atoms with Gasteiger partial charge in [0.05, 0.1) is 37.5 Å². The SMILES string of the molecule is COC(=O)/C=C(\CC(=O)OC)C(=O)OCCOC(=O)C1(C(C)C)C2CC3C(OC(=O)C31)C2C. The maximum atomic E-state index is 13.3. The number of hydrogen-bond donors (Lipinski definition) is 0. The lowest BCUT2D eigenvalue weighted by molar-refractivity contribution is -0.173. The van der Waals surface area contributed by atoms with Gasteiger partial charge in [0.2, 0.25) is 0 Å². The second kappa shape index (κ2) is 9.52. The molecule has 0 aromatic rings. The Bertz CT molecular complexity index is 874. The summed E-state index contributed by atoms with van der Waals surface area (Å²) in [4.78, 5) is 61.2. The molecule has 6 unspecified atom stereocenters. The molecule has 1 saturated heterocycles. The van der Waals surface area contributed by atoms with Gasteiger partial charge < -0.3 is 23.7 Å². The average molecular weight is 466 g/mol. The van der Waals surface area contributed by atoms with Gasteiger partial charge in [-0.2, -0.15) is 0 Å². The van der Waals surface area contributed by atoms with E-state index in [0.29, 0.717) is 0 Å². The minimum atomic E-state index is -0.973. The number of carbonyl (C=O) groups is 5. The van der Waals surface area contributed by atoms with Crippen LogP contribution in [0.3, 0.4) is 0 Å². The van der Waals surface area contributed by atoms with Gasteiger partial charge in [0.25, 0.3) is 0 Å². The Morgan fingerprint density at radius 2 is 1.79 bits per heavy atom. The van der Waals surface area contributed by atoms with Gasteiger partial charge in [0.15, 0.2) is 0 Å². The van der Waals surface area contributed by atoms with Crippen molar-refractivity contribution in [2.75, 3.05) is 27.4 Å². The zero-order valence-electron chi connectivity index (χ0n) is 19.5. The van der Waals surface area contributed by atoms with E-state index in [-0.39, 0.29) is 54.5 Å². The van der Waals surface area contributed by atoms with E-state index in [1.165, 1.54) is 0 Å².